The van der Waals surface area contributed by atoms with Crippen LogP contribution in [-0.4, -0.2) is 23.6 Å². The van der Waals surface area contributed by atoms with Crippen LogP contribution in [0, 0.1) is 3.57 Å². The van der Waals surface area contributed by atoms with Crippen LogP contribution >= 0.6 is 20.6 Å². The average molecular weight is 324 g/mol. The molecule has 0 bridgehead atoms. The van der Waals surface area contributed by atoms with Gasteiger partial charge in [0.15, 0.2) is 0 Å². The Morgan fingerprint density at radius 3 is 2.47 bits per heavy atom. The van der Waals surface area contributed by atoms with E-state index in [-0.39, 0.29) is 0 Å². The Balaban J connectivity index is 2.58. The van der Waals surface area contributed by atoms with Crippen molar-refractivity contribution in [3.63, 3.8) is 0 Å². The molecule has 0 spiro atoms. The molecule has 0 amide bonds. The molecule has 15 heavy (non-hydrogen) atoms. The van der Waals surface area contributed by atoms with E-state index < -0.39 is 26.6 Å². The summed E-state index contributed by atoms with van der Waals surface area (Å²) in [5, 5.41) is 0. The first-order valence-corrected chi connectivity index (χ1v) is 6.97. The van der Waals surface area contributed by atoms with Crippen LogP contribution in [0.3, 0.4) is 0 Å². The first-order valence-electron chi connectivity index (χ1n) is 4.05. The van der Waals surface area contributed by atoms with E-state index >= 15 is 0 Å². The summed E-state index contributed by atoms with van der Waals surface area (Å²) < 4.78 is 25.0. The fourth-order valence-electron chi connectivity index (χ4n) is 1.29. The van der Waals surface area contributed by atoms with Crippen molar-refractivity contribution in [1.29, 1.82) is 0 Å². The van der Waals surface area contributed by atoms with Gasteiger partial charge in [0, 0.05) is 0 Å². The van der Waals surface area contributed by atoms with Crippen LogP contribution in [0.5, 0.6) is 11.5 Å². The van der Waals surface area contributed by atoms with E-state index in [9.17, 15) is 8.23 Å². The maximum atomic E-state index is 11.3. The molecule has 1 aromatic carbocycles. The van der Waals surface area contributed by atoms with Gasteiger partial charge in [-0.25, -0.2) is 0 Å². The van der Waals surface area contributed by atoms with E-state index in [0.717, 1.165) is 0 Å². The van der Waals surface area contributed by atoms with Gasteiger partial charge in [-0.05, 0) is 0 Å². The molecule has 0 atom stereocenters. The number of carbonyl (C=O) groups excluding carboxylic acids is 1. The van der Waals surface area contributed by atoms with Crippen LogP contribution in [-0.2, 0) is 3.07 Å². The second kappa shape index (κ2) is 3.86. The predicted octanol–water partition coefficient (Wildman–Crippen LogP) is 1.37. The first-order chi connectivity index (χ1) is 7.17. The SMILES string of the molecule is COc1cc2c(cc1OC)I(O)OC2=O. The Bertz CT molecular complexity index is 417. The number of rotatable bonds is 2. The van der Waals surface area contributed by atoms with Crippen LogP contribution in [0.1, 0.15) is 10.4 Å². The fourth-order valence-corrected chi connectivity index (χ4v) is 3.57. The van der Waals surface area contributed by atoms with Crippen LogP contribution in [0.4, 0.5) is 0 Å². The second-order valence-corrected chi connectivity index (χ2v) is 5.70. The Kier molecular flexibility index (Phi) is 2.70. The summed E-state index contributed by atoms with van der Waals surface area (Å²) in [5.41, 5.74) is 0.375. The normalized spacial score (nSPS) is 15.9. The Labute approximate surface area is 94.4 Å². The molecule has 0 unspecified atom stereocenters. The summed E-state index contributed by atoms with van der Waals surface area (Å²) >= 11 is -2.74. The quantitative estimate of drug-likeness (QED) is 0.833. The summed E-state index contributed by atoms with van der Waals surface area (Å²) in [5.74, 6) is 0.462. The van der Waals surface area contributed by atoms with Gasteiger partial charge in [-0.1, -0.05) is 0 Å². The summed E-state index contributed by atoms with van der Waals surface area (Å²) in [4.78, 5) is 11.3. The molecule has 0 aliphatic carbocycles. The Morgan fingerprint density at radius 1 is 1.27 bits per heavy atom. The minimum atomic E-state index is -2.74. The number of methoxy groups -OCH3 is 2. The van der Waals surface area contributed by atoms with Gasteiger partial charge < -0.3 is 0 Å². The fraction of sp³-hybridized carbons (Fsp3) is 0.222. The number of carbonyl (C=O) groups is 1. The van der Waals surface area contributed by atoms with Crippen molar-refractivity contribution < 1.29 is 20.8 Å². The monoisotopic (exact) mass is 324 g/mol. The predicted molar refractivity (Wildman–Crippen MR) is 59.9 cm³/mol. The van der Waals surface area contributed by atoms with Gasteiger partial charge in [0.1, 0.15) is 0 Å². The van der Waals surface area contributed by atoms with E-state index in [1.165, 1.54) is 20.3 Å². The third kappa shape index (κ3) is 1.63. The molecule has 0 aromatic heterocycles. The third-order valence-electron chi connectivity index (χ3n) is 2.01. The average Bonchev–Trinajstić information content (AvgIpc) is 2.52. The molecular weight excluding hydrogens is 315 g/mol. The summed E-state index contributed by atoms with van der Waals surface area (Å²) in [6.07, 6.45) is 0. The van der Waals surface area contributed by atoms with E-state index in [4.69, 9.17) is 12.5 Å². The molecule has 1 aliphatic rings. The van der Waals surface area contributed by atoms with Gasteiger partial charge in [0.05, 0.1) is 0 Å². The number of ether oxygens (including phenoxy) is 2. The van der Waals surface area contributed by atoms with Crippen molar-refractivity contribution in [2.75, 3.05) is 14.2 Å². The van der Waals surface area contributed by atoms with Gasteiger partial charge in [-0.3, -0.25) is 0 Å². The number of benzene rings is 1. The van der Waals surface area contributed by atoms with Crippen LogP contribution < -0.4 is 9.47 Å². The van der Waals surface area contributed by atoms with Crippen molar-refractivity contribution in [1.82, 2.24) is 0 Å². The molecule has 0 saturated heterocycles. The van der Waals surface area contributed by atoms with Crippen molar-refractivity contribution in [2.45, 2.75) is 0 Å². The zero-order valence-corrected chi connectivity index (χ0v) is 10.3. The van der Waals surface area contributed by atoms with Crippen LogP contribution in [0.2, 0.25) is 0 Å². The van der Waals surface area contributed by atoms with Gasteiger partial charge in [-0.15, -0.1) is 0 Å². The van der Waals surface area contributed by atoms with E-state index in [1.807, 2.05) is 0 Å². The van der Waals surface area contributed by atoms with Gasteiger partial charge in [0.25, 0.3) is 0 Å². The number of fused-ring (bicyclic) bond motifs is 1. The van der Waals surface area contributed by atoms with Crippen molar-refractivity contribution in [3.05, 3.63) is 21.3 Å². The van der Waals surface area contributed by atoms with Gasteiger partial charge in [0.2, 0.25) is 0 Å². The van der Waals surface area contributed by atoms with E-state index in [0.29, 0.717) is 20.6 Å². The summed E-state index contributed by atoms with van der Waals surface area (Å²) in [7, 11) is 2.98. The van der Waals surface area contributed by atoms with Crippen molar-refractivity contribution in [2.24, 2.45) is 0 Å². The molecule has 0 saturated carbocycles. The first kappa shape index (κ1) is 10.5. The molecule has 5 nitrogen and oxygen atoms in total. The summed E-state index contributed by atoms with van der Waals surface area (Å²) in [6.45, 7) is 0. The number of hydrogen-bond donors (Lipinski definition) is 1. The number of hydrogen-bond acceptors (Lipinski definition) is 5. The zero-order valence-electron chi connectivity index (χ0n) is 8.11. The third-order valence-corrected chi connectivity index (χ3v) is 4.71. The van der Waals surface area contributed by atoms with Gasteiger partial charge >= 0.3 is 94.4 Å². The molecule has 1 aromatic rings. The van der Waals surface area contributed by atoms with Crippen molar-refractivity contribution in [3.8, 4) is 11.5 Å². The molecular formula is C9H9IO5. The van der Waals surface area contributed by atoms with Crippen molar-refractivity contribution >= 4 is 26.6 Å². The van der Waals surface area contributed by atoms with Crippen LogP contribution in [0.15, 0.2) is 12.1 Å². The van der Waals surface area contributed by atoms with Crippen LogP contribution in [0.25, 0.3) is 0 Å². The standard InChI is InChI=1S/C9H9IO5/c1-13-7-3-5-6(4-8(7)14-2)10(12)15-9(5)11/h3-4,12H,1-2H3. The molecule has 1 aliphatic heterocycles. The minimum absolute atomic E-state index is 0.375. The molecule has 1 N–H and O–H groups in total. The molecule has 1 heterocycles. The molecule has 0 fully saturated rings. The molecule has 6 heteroatoms. The topological polar surface area (TPSA) is 65.0 Å². The van der Waals surface area contributed by atoms with Gasteiger partial charge in [-0.2, -0.15) is 0 Å². The maximum absolute atomic E-state index is 11.3. The molecule has 0 radical (unpaired) electrons. The number of halogens is 1. The second-order valence-electron chi connectivity index (χ2n) is 2.78. The Hall–Kier alpha value is -1.02. The summed E-state index contributed by atoms with van der Waals surface area (Å²) in [6, 6.07) is 3.13. The molecule has 2 rings (SSSR count). The zero-order chi connectivity index (χ0) is 11.0. The molecule has 82 valence electrons. The van der Waals surface area contributed by atoms with E-state index in [1.54, 1.807) is 6.07 Å². The van der Waals surface area contributed by atoms with E-state index in [2.05, 4.69) is 0 Å². The Morgan fingerprint density at radius 2 is 1.87 bits per heavy atom.